The second-order valence-corrected chi connectivity index (χ2v) is 8.40. The van der Waals surface area contributed by atoms with Crippen LogP contribution in [0.1, 0.15) is 51.5 Å². The lowest BCUT2D eigenvalue weighted by Gasteiger charge is -2.24. The van der Waals surface area contributed by atoms with Crippen LogP contribution < -0.4 is 15.5 Å². The van der Waals surface area contributed by atoms with Crippen molar-refractivity contribution in [3.8, 4) is 0 Å². The van der Waals surface area contributed by atoms with Gasteiger partial charge in [0.05, 0.1) is 12.0 Å². The molecule has 0 aromatic heterocycles. The summed E-state index contributed by atoms with van der Waals surface area (Å²) >= 11 is 0. The summed E-state index contributed by atoms with van der Waals surface area (Å²) in [5.41, 5.74) is -0.591. The van der Waals surface area contributed by atoms with Gasteiger partial charge >= 0.3 is 6.09 Å². The minimum atomic E-state index is -1.03. The molecule has 0 spiro atoms. The lowest BCUT2D eigenvalue weighted by atomic mass is 9.89. The number of amides is 3. The molecule has 0 saturated carbocycles. The van der Waals surface area contributed by atoms with Crippen LogP contribution in [0, 0.1) is 11.6 Å². The van der Waals surface area contributed by atoms with Crippen molar-refractivity contribution in [3.05, 3.63) is 29.3 Å². The molecule has 0 radical (unpaired) electrons. The first-order valence-electron chi connectivity index (χ1n) is 9.60. The highest BCUT2D eigenvalue weighted by Crippen LogP contribution is 2.33. The number of carbonyl (C=O) groups is 3. The molecular weight excluding hydrogens is 384 g/mol. The first kappa shape index (κ1) is 21.0. The van der Waals surface area contributed by atoms with E-state index in [-0.39, 0.29) is 24.4 Å². The third-order valence-electron chi connectivity index (χ3n) is 4.93. The van der Waals surface area contributed by atoms with E-state index in [0.29, 0.717) is 25.2 Å². The van der Waals surface area contributed by atoms with E-state index in [2.05, 4.69) is 10.6 Å². The summed E-state index contributed by atoms with van der Waals surface area (Å²) in [6, 6.07) is 2.18. The number of anilines is 1. The van der Waals surface area contributed by atoms with Gasteiger partial charge in [0.1, 0.15) is 17.2 Å². The third kappa shape index (κ3) is 5.02. The van der Waals surface area contributed by atoms with Gasteiger partial charge < -0.3 is 15.0 Å². The molecular formula is C20H25F2N3O4. The Labute approximate surface area is 167 Å². The fourth-order valence-corrected chi connectivity index (χ4v) is 3.64. The average molecular weight is 409 g/mol. The number of benzene rings is 1. The van der Waals surface area contributed by atoms with Crippen LogP contribution in [0.4, 0.5) is 19.3 Å². The molecule has 9 heteroatoms. The van der Waals surface area contributed by atoms with Crippen molar-refractivity contribution in [1.82, 2.24) is 10.6 Å². The number of rotatable bonds is 3. The topological polar surface area (TPSA) is 87.7 Å². The van der Waals surface area contributed by atoms with Gasteiger partial charge in [-0.15, -0.1) is 0 Å². The van der Waals surface area contributed by atoms with Gasteiger partial charge in [0, 0.05) is 30.8 Å². The van der Waals surface area contributed by atoms with Crippen molar-refractivity contribution in [2.24, 2.45) is 0 Å². The number of alkyl carbamates (subject to hydrolysis) is 1. The van der Waals surface area contributed by atoms with Crippen molar-refractivity contribution < 1.29 is 27.9 Å². The molecule has 3 amide bonds. The molecule has 1 unspecified atom stereocenters. The van der Waals surface area contributed by atoms with E-state index >= 15 is 0 Å². The van der Waals surface area contributed by atoms with E-state index in [0.717, 1.165) is 0 Å². The minimum absolute atomic E-state index is 0.0428. The maximum absolute atomic E-state index is 14.7. The van der Waals surface area contributed by atoms with Crippen LogP contribution in [0.3, 0.4) is 0 Å². The van der Waals surface area contributed by atoms with Gasteiger partial charge in [-0.05, 0) is 45.7 Å². The number of carbonyl (C=O) groups excluding carboxylic acids is 3. The quantitative estimate of drug-likeness (QED) is 0.750. The molecule has 7 nitrogen and oxygen atoms in total. The summed E-state index contributed by atoms with van der Waals surface area (Å²) < 4.78 is 34.6. The van der Waals surface area contributed by atoms with Gasteiger partial charge in [0.15, 0.2) is 0 Å². The molecule has 29 heavy (non-hydrogen) atoms. The molecule has 2 heterocycles. The zero-order valence-corrected chi connectivity index (χ0v) is 16.7. The second-order valence-electron chi connectivity index (χ2n) is 8.40. The summed E-state index contributed by atoms with van der Waals surface area (Å²) in [4.78, 5) is 36.9. The monoisotopic (exact) mass is 409 g/mol. The van der Waals surface area contributed by atoms with Crippen molar-refractivity contribution in [3.63, 3.8) is 0 Å². The van der Waals surface area contributed by atoms with Crippen LogP contribution >= 0.6 is 0 Å². The zero-order chi connectivity index (χ0) is 21.3. The highest BCUT2D eigenvalue weighted by molar-refractivity contribution is 6.01. The van der Waals surface area contributed by atoms with Crippen molar-refractivity contribution >= 4 is 23.6 Å². The first-order valence-corrected chi connectivity index (χ1v) is 9.60. The number of halogens is 2. The normalized spacial score (nSPS) is 22.4. The molecule has 2 N–H and O–H groups in total. The van der Waals surface area contributed by atoms with Gasteiger partial charge in [0.2, 0.25) is 11.8 Å². The number of ether oxygens (including phenoxy) is 1. The number of nitrogens with one attached hydrogen (secondary N) is 2. The van der Waals surface area contributed by atoms with Gasteiger partial charge in [-0.2, -0.15) is 0 Å². The molecule has 1 aromatic carbocycles. The largest absolute Gasteiger partial charge is 0.444 e. The van der Waals surface area contributed by atoms with E-state index in [1.165, 1.54) is 12.1 Å². The fourth-order valence-electron chi connectivity index (χ4n) is 3.64. The molecule has 2 aliphatic heterocycles. The summed E-state index contributed by atoms with van der Waals surface area (Å²) in [5, 5.41) is 4.88. The average Bonchev–Trinajstić information content (AvgIpc) is 3.02. The fraction of sp³-hybridized carbons (Fsp3) is 0.550. The molecule has 2 aliphatic rings. The molecule has 2 atom stereocenters. The van der Waals surface area contributed by atoms with Crippen LogP contribution in [-0.4, -0.2) is 42.6 Å². The summed E-state index contributed by atoms with van der Waals surface area (Å²) in [5.74, 6) is -3.79. The van der Waals surface area contributed by atoms with E-state index in [1.54, 1.807) is 25.7 Å². The highest BCUT2D eigenvalue weighted by atomic mass is 19.1. The summed E-state index contributed by atoms with van der Waals surface area (Å²) in [7, 11) is 0. The number of nitrogens with zero attached hydrogens (tertiary/aromatic N) is 1. The smallest absolute Gasteiger partial charge is 0.407 e. The standard InChI is InChI=1S/C20H25F2N3O4/c1-20(2,3)29-19(28)23-11-6-7-25(10-11)12-8-14(21)17(15(22)9-12)13-4-5-16(26)24-18(13)27/h8-9,11,13H,4-7,10H2,1-3H3,(H,23,28)(H,24,26,27)/t11-,13?/m0/s1. The van der Waals surface area contributed by atoms with Gasteiger partial charge in [-0.3, -0.25) is 14.9 Å². The van der Waals surface area contributed by atoms with E-state index in [1.807, 2.05) is 0 Å². The Morgan fingerprint density at radius 2 is 1.86 bits per heavy atom. The summed E-state index contributed by atoms with van der Waals surface area (Å²) in [6.45, 7) is 6.20. The SMILES string of the molecule is CC(C)(C)OC(=O)N[C@H]1CCN(c2cc(F)c(C3CCC(=O)NC3=O)c(F)c2)C1. The molecule has 0 bridgehead atoms. The van der Waals surface area contributed by atoms with E-state index in [9.17, 15) is 23.2 Å². The molecule has 1 aromatic rings. The second kappa shape index (κ2) is 7.96. The first-order chi connectivity index (χ1) is 13.5. The van der Waals surface area contributed by atoms with Crippen LogP contribution in [0.15, 0.2) is 12.1 Å². The van der Waals surface area contributed by atoms with Crippen LogP contribution in [0.2, 0.25) is 0 Å². The summed E-state index contributed by atoms with van der Waals surface area (Å²) in [6.07, 6.45) is 0.192. The number of piperidine rings is 1. The van der Waals surface area contributed by atoms with Crippen LogP contribution in [0.25, 0.3) is 0 Å². The molecule has 3 rings (SSSR count). The van der Waals surface area contributed by atoms with E-state index < -0.39 is 41.1 Å². The number of hydrogen-bond acceptors (Lipinski definition) is 5. The zero-order valence-electron chi connectivity index (χ0n) is 16.7. The number of imide groups is 1. The third-order valence-corrected chi connectivity index (χ3v) is 4.93. The Morgan fingerprint density at radius 3 is 2.45 bits per heavy atom. The Balaban J connectivity index is 1.69. The van der Waals surface area contributed by atoms with Gasteiger partial charge in [0.25, 0.3) is 0 Å². The molecule has 0 aliphatic carbocycles. The van der Waals surface area contributed by atoms with Gasteiger partial charge in [-0.25, -0.2) is 13.6 Å². The predicted molar refractivity (Wildman–Crippen MR) is 101 cm³/mol. The highest BCUT2D eigenvalue weighted by Gasteiger charge is 2.33. The predicted octanol–water partition coefficient (Wildman–Crippen LogP) is 2.59. The van der Waals surface area contributed by atoms with Gasteiger partial charge in [-0.1, -0.05) is 0 Å². The van der Waals surface area contributed by atoms with Crippen molar-refractivity contribution in [2.45, 2.75) is 57.6 Å². The molecule has 158 valence electrons. The van der Waals surface area contributed by atoms with Crippen molar-refractivity contribution in [1.29, 1.82) is 0 Å². The van der Waals surface area contributed by atoms with Crippen LogP contribution in [0.5, 0.6) is 0 Å². The Morgan fingerprint density at radius 1 is 1.21 bits per heavy atom. The van der Waals surface area contributed by atoms with E-state index in [4.69, 9.17) is 4.74 Å². The Bertz CT molecular complexity index is 815. The minimum Gasteiger partial charge on any atom is -0.444 e. The number of hydrogen-bond donors (Lipinski definition) is 2. The Hall–Kier alpha value is -2.71. The van der Waals surface area contributed by atoms with Crippen molar-refractivity contribution in [2.75, 3.05) is 18.0 Å². The lowest BCUT2D eigenvalue weighted by molar-refractivity contribution is -0.134. The van der Waals surface area contributed by atoms with Crippen LogP contribution in [-0.2, 0) is 14.3 Å². The Kier molecular flexibility index (Phi) is 5.77. The molecule has 2 saturated heterocycles. The maximum Gasteiger partial charge on any atom is 0.407 e. The maximum atomic E-state index is 14.7. The lowest BCUT2D eigenvalue weighted by Crippen LogP contribution is -2.40. The molecule has 2 fully saturated rings.